The highest BCUT2D eigenvalue weighted by atomic mass is 19.3. The molecule has 2 aliphatic carbocycles. The molecular weight excluding hydrogens is 457 g/mol. The van der Waals surface area contributed by atoms with Gasteiger partial charge < -0.3 is 10.2 Å². The van der Waals surface area contributed by atoms with Gasteiger partial charge in [-0.3, -0.25) is 14.4 Å². The summed E-state index contributed by atoms with van der Waals surface area (Å²) in [6.45, 7) is 4.15. The summed E-state index contributed by atoms with van der Waals surface area (Å²) in [5, 5.41) is 2.84. The van der Waals surface area contributed by atoms with Gasteiger partial charge in [0.1, 0.15) is 11.7 Å². The summed E-state index contributed by atoms with van der Waals surface area (Å²) in [6.07, 6.45) is 5.61. The molecule has 1 aliphatic heterocycles. The average Bonchev–Trinajstić information content (AvgIpc) is 3.50. The lowest BCUT2D eigenvalue weighted by Crippen LogP contribution is -2.48. The van der Waals surface area contributed by atoms with Crippen LogP contribution in [0.5, 0.6) is 0 Å². The number of piperidine rings is 1. The third kappa shape index (κ3) is 5.56. The van der Waals surface area contributed by atoms with Crippen molar-refractivity contribution in [3.05, 3.63) is 35.1 Å². The minimum Gasteiger partial charge on any atom is -0.342 e. The summed E-state index contributed by atoms with van der Waals surface area (Å²) in [5.41, 5.74) is 0.180. The standard InChI is InChI=1S/C27H35F3N2O3.H2/c1-16(2)24(33)23(17-8-4-3-5-9-17)31-25(34)20-12-6-11-19(22(20)28)18-10-7-13-32(15-18)26(35)21-14-27(21,29)30;/h6,11-12,16-18,21,23H,3-5,7-10,13-15H2,1-2H3,(H,31,34);1H/t18?,21-,23-;/m1./s1. The van der Waals surface area contributed by atoms with E-state index in [0.29, 0.717) is 24.9 Å². The molecule has 0 aromatic heterocycles. The van der Waals surface area contributed by atoms with Gasteiger partial charge in [0.05, 0.1) is 11.6 Å². The van der Waals surface area contributed by atoms with Crippen LogP contribution in [0.3, 0.4) is 0 Å². The zero-order valence-corrected chi connectivity index (χ0v) is 20.5. The van der Waals surface area contributed by atoms with Crippen LogP contribution in [0.4, 0.5) is 13.2 Å². The molecule has 0 spiro atoms. The van der Waals surface area contributed by atoms with Gasteiger partial charge in [-0.2, -0.15) is 0 Å². The van der Waals surface area contributed by atoms with E-state index in [1.54, 1.807) is 26.0 Å². The summed E-state index contributed by atoms with van der Waals surface area (Å²) in [6, 6.07) is 3.95. The number of benzene rings is 1. The van der Waals surface area contributed by atoms with Gasteiger partial charge in [-0.15, -0.1) is 0 Å². The van der Waals surface area contributed by atoms with Gasteiger partial charge in [-0.25, -0.2) is 13.2 Å². The summed E-state index contributed by atoms with van der Waals surface area (Å²) in [5.74, 6) is -6.67. The number of carbonyl (C=O) groups excluding carboxylic acids is 3. The summed E-state index contributed by atoms with van der Waals surface area (Å²) in [4.78, 5) is 40.0. The van der Waals surface area contributed by atoms with E-state index in [0.717, 1.165) is 32.1 Å². The molecular formula is C27H37F3N2O3. The molecule has 8 heteroatoms. The first-order valence-corrected chi connectivity index (χ1v) is 12.9. The van der Waals surface area contributed by atoms with E-state index >= 15 is 4.39 Å². The average molecular weight is 495 g/mol. The number of likely N-dealkylation sites (tertiary alicyclic amines) is 1. The molecule has 5 nitrogen and oxygen atoms in total. The molecule has 1 aromatic carbocycles. The van der Waals surface area contributed by atoms with Crippen LogP contribution in [0.15, 0.2) is 18.2 Å². The first-order valence-electron chi connectivity index (χ1n) is 12.9. The minimum absolute atomic E-state index is 0. The van der Waals surface area contributed by atoms with Crippen LogP contribution in [0.2, 0.25) is 0 Å². The van der Waals surface area contributed by atoms with Gasteiger partial charge in [-0.05, 0) is 43.2 Å². The largest absolute Gasteiger partial charge is 0.342 e. The fourth-order valence-electron chi connectivity index (χ4n) is 5.64. The van der Waals surface area contributed by atoms with Crippen molar-refractivity contribution in [1.82, 2.24) is 10.2 Å². The van der Waals surface area contributed by atoms with E-state index in [1.807, 2.05) is 0 Å². The minimum atomic E-state index is -2.93. The Morgan fingerprint density at radius 3 is 2.40 bits per heavy atom. The van der Waals surface area contributed by atoms with Crippen molar-refractivity contribution in [2.75, 3.05) is 13.1 Å². The number of nitrogens with one attached hydrogen (secondary N) is 1. The second-order valence-electron chi connectivity index (χ2n) is 10.8. The molecule has 194 valence electrons. The van der Waals surface area contributed by atoms with Crippen LogP contribution in [0.1, 0.15) is 88.5 Å². The van der Waals surface area contributed by atoms with Gasteiger partial charge in [0.15, 0.2) is 5.78 Å². The zero-order valence-electron chi connectivity index (χ0n) is 20.5. The predicted molar refractivity (Wildman–Crippen MR) is 128 cm³/mol. The molecule has 2 amide bonds. The van der Waals surface area contributed by atoms with Crippen molar-refractivity contribution in [3.63, 3.8) is 0 Å². The van der Waals surface area contributed by atoms with Crippen molar-refractivity contribution >= 4 is 17.6 Å². The highest BCUT2D eigenvalue weighted by molar-refractivity contribution is 5.98. The molecule has 2 saturated carbocycles. The van der Waals surface area contributed by atoms with Gasteiger partial charge >= 0.3 is 0 Å². The van der Waals surface area contributed by atoms with Gasteiger partial charge in [0.25, 0.3) is 11.8 Å². The smallest absolute Gasteiger partial charge is 0.260 e. The van der Waals surface area contributed by atoms with Crippen molar-refractivity contribution in [3.8, 4) is 0 Å². The van der Waals surface area contributed by atoms with Gasteiger partial charge in [0, 0.05) is 32.8 Å². The predicted octanol–water partition coefficient (Wildman–Crippen LogP) is 5.34. The summed E-state index contributed by atoms with van der Waals surface area (Å²) in [7, 11) is 0. The Labute approximate surface area is 206 Å². The Morgan fingerprint density at radius 1 is 1.09 bits per heavy atom. The van der Waals surface area contributed by atoms with Crippen molar-refractivity contribution in [2.24, 2.45) is 17.8 Å². The Balaban J connectivity index is 0.00000361. The lowest BCUT2D eigenvalue weighted by molar-refractivity contribution is -0.136. The number of carbonyl (C=O) groups is 3. The maximum atomic E-state index is 15.6. The second kappa shape index (κ2) is 10.3. The molecule has 3 fully saturated rings. The Morgan fingerprint density at radius 2 is 1.77 bits per heavy atom. The van der Waals surface area contributed by atoms with Crippen LogP contribution in [-0.4, -0.2) is 47.6 Å². The number of hydrogen-bond acceptors (Lipinski definition) is 3. The van der Waals surface area contributed by atoms with Gasteiger partial charge in [-0.1, -0.05) is 45.2 Å². The molecule has 0 radical (unpaired) electrons. The highest BCUT2D eigenvalue weighted by Crippen LogP contribution is 2.50. The van der Waals surface area contributed by atoms with E-state index in [1.165, 1.54) is 11.0 Å². The first-order chi connectivity index (χ1) is 16.6. The molecule has 3 aliphatic rings. The highest BCUT2D eigenvalue weighted by Gasteiger charge is 2.62. The lowest BCUT2D eigenvalue weighted by atomic mass is 9.80. The molecule has 0 bridgehead atoms. The monoisotopic (exact) mass is 494 g/mol. The van der Waals surface area contributed by atoms with Crippen molar-refractivity contribution in [1.29, 1.82) is 0 Å². The SMILES string of the molecule is CC(C)C(=O)[C@H](NC(=O)c1cccc(C2CCCN(C(=O)[C@H]3CC3(F)F)C2)c1F)C1CCCCC1.[HH]. The third-order valence-electron chi connectivity index (χ3n) is 7.85. The zero-order chi connectivity index (χ0) is 25.3. The molecule has 1 N–H and O–H groups in total. The number of hydrogen-bond donors (Lipinski definition) is 1. The van der Waals surface area contributed by atoms with Gasteiger partial charge in [0.2, 0.25) is 5.91 Å². The molecule has 1 unspecified atom stereocenters. The summed E-state index contributed by atoms with van der Waals surface area (Å²) < 4.78 is 42.4. The van der Waals surface area contributed by atoms with E-state index < -0.39 is 41.9 Å². The first kappa shape index (κ1) is 25.7. The van der Waals surface area contributed by atoms with Crippen LogP contribution >= 0.6 is 0 Å². The Hall–Kier alpha value is -2.38. The molecule has 1 heterocycles. The van der Waals surface area contributed by atoms with Crippen LogP contribution in [-0.2, 0) is 9.59 Å². The normalized spacial score (nSPS) is 25.3. The number of nitrogens with zero attached hydrogens (tertiary/aromatic N) is 1. The number of amides is 2. The molecule has 4 rings (SSSR count). The summed E-state index contributed by atoms with van der Waals surface area (Å²) >= 11 is 0. The fourth-order valence-corrected chi connectivity index (χ4v) is 5.64. The number of ketones is 1. The Bertz CT molecular complexity index is 981. The number of rotatable bonds is 7. The molecule has 3 atom stereocenters. The number of Topliss-reactive ketones (excluding diaryl/α,β-unsaturated/α-hetero) is 1. The maximum absolute atomic E-state index is 15.6. The third-order valence-corrected chi connectivity index (χ3v) is 7.85. The van der Waals surface area contributed by atoms with Crippen molar-refractivity contribution in [2.45, 2.75) is 83.1 Å². The maximum Gasteiger partial charge on any atom is 0.260 e. The molecule has 1 saturated heterocycles. The van der Waals surface area contributed by atoms with E-state index in [2.05, 4.69) is 5.32 Å². The fraction of sp³-hybridized carbons (Fsp3) is 0.667. The van der Waals surface area contributed by atoms with Crippen LogP contribution in [0.25, 0.3) is 0 Å². The van der Waals surface area contributed by atoms with Crippen LogP contribution in [0, 0.1) is 23.6 Å². The topological polar surface area (TPSA) is 66.5 Å². The lowest BCUT2D eigenvalue weighted by Gasteiger charge is -2.33. The molecule has 35 heavy (non-hydrogen) atoms. The van der Waals surface area contributed by atoms with E-state index in [4.69, 9.17) is 0 Å². The van der Waals surface area contributed by atoms with Crippen molar-refractivity contribution < 1.29 is 29.0 Å². The quantitative estimate of drug-likeness (QED) is 0.557. The van der Waals surface area contributed by atoms with E-state index in [9.17, 15) is 23.2 Å². The number of alkyl halides is 2. The molecule has 1 aromatic rings. The number of halogens is 3. The van der Waals surface area contributed by atoms with E-state index in [-0.39, 0.29) is 37.1 Å². The second-order valence-corrected chi connectivity index (χ2v) is 10.8. The Kier molecular flexibility index (Phi) is 7.57. The van der Waals surface area contributed by atoms with Crippen LogP contribution < -0.4 is 5.32 Å².